The van der Waals surface area contributed by atoms with Crippen molar-refractivity contribution in [2.75, 3.05) is 14.2 Å². The van der Waals surface area contributed by atoms with Crippen LogP contribution in [0.5, 0.6) is 11.5 Å². The molecular formula is C22H21N3O6. The van der Waals surface area contributed by atoms with E-state index in [9.17, 15) is 20.1 Å². The summed E-state index contributed by atoms with van der Waals surface area (Å²) in [6.07, 6.45) is 2.65. The van der Waals surface area contributed by atoms with E-state index < -0.39 is 5.91 Å². The van der Waals surface area contributed by atoms with Crippen LogP contribution in [-0.4, -0.2) is 35.4 Å². The molecule has 3 aromatic carbocycles. The van der Waals surface area contributed by atoms with Gasteiger partial charge in [0.2, 0.25) is 5.91 Å². The molecule has 0 heterocycles. The first-order valence-electron chi connectivity index (χ1n) is 9.28. The Morgan fingerprint density at radius 2 is 1.71 bits per heavy atom. The minimum absolute atomic E-state index is 0.250. The quantitative estimate of drug-likeness (QED) is 0.175. The molecule has 160 valence electrons. The first-order chi connectivity index (χ1) is 15.0. The van der Waals surface area contributed by atoms with Crippen LogP contribution in [0.15, 0.2) is 35.5 Å². The lowest BCUT2D eigenvalue weighted by Gasteiger charge is -2.19. The van der Waals surface area contributed by atoms with Gasteiger partial charge in [-0.3, -0.25) is 4.79 Å². The molecule has 0 saturated carbocycles. The molecule has 3 N–H and O–H groups in total. The van der Waals surface area contributed by atoms with E-state index in [2.05, 4.69) is 10.0 Å². The van der Waals surface area contributed by atoms with Crippen molar-refractivity contribution >= 4 is 33.5 Å². The van der Waals surface area contributed by atoms with Crippen molar-refractivity contribution in [2.45, 2.75) is 19.8 Å². The lowest BCUT2D eigenvalue weighted by Crippen LogP contribution is -2.02. The number of ether oxygens (including phenoxy) is 2. The van der Waals surface area contributed by atoms with Crippen LogP contribution in [0.4, 0.5) is 0 Å². The van der Waals surface area contributed by atoms with Crippen LogP contribution in [0, 0.1) is 0 Å². The van der Waals surface area contributed by atoms with Crippen LogP contribution in [0.25, 0.3) is 38.1 Å². The molecule has 0 unspecified atom stereocenters. The normalized spacial score (nSPS) is 11.1. The SMILES string of the molecule is COc1cc2cc(C=CC(=O)N=[N+]=[N-])c3cc(OC)c(CO)c(CO)c3c2cc1CO. The van der Waals surface area contributed by atoms with E-state index in [1.807, 2.05) is 0 Å². The van der Waals surface area contributed by atoms with Crippen molar-refractivity contribution in [2.24, 2.45) is 5.11 Å². The Morgan fingerprint density at radius 1 is 1.00 bits per heavy atom. The first kappa shape index (κ1) is 22.1. The molecule has 0 aliphatic rings. The van der Waals surface area contributed by atoms with Gasteiger partial charge in [-0.05, 0) is 73.7 Å². The summed E-state index contributed by atoms with van der Waals surface area (Å²) in [4.78, 5) is 14.2. The lowest BCUT2D eigenvalue weighted by atomic mass is 9.89. The Labute approximate surface area is 177 Å². The lowest BCUT2D eigenvalue weighted by molar-refractivity contribution is -0.113. The summed E-state index contributed by atoms with van der Waals surface area (Å²) in [5, 5.41) is 35.6. The Morgan fingerprint density at radius 3 is 2.29 bits per heavy atom. The van der Waals surface area contributed by atoms with E-state index in [4.69, 9.17) is 15.0 Å². The zero-order valence-corrected chi connectivity index (χ0v) is 17.0. The number of azide groups is 1. The molecule has 0 radical (unpaired) electrons. The Hall–Kier alpha value is -3.62. The number of hydrogen-bond acceptors (Lipinski definition) is 6. The van der Waals surface area contributed by atoms with E-state index >= 15 is 0 Å². The van der Waals surface area contributed by atoms with E-state index in [1.54, 1.807) is 24.3 Å². The second-order valence-electron chi connectivity index (χ2n) is 6.64. The molecule has 0 atom stereocenters. The van der Waals surface area contributed by atoms with Gasteiger partial charge in [-0.2, -0.15) is 0 Å². The Balaban J connectivity index is 2.52. The zero-order chi connectivity index (χ0) is 22.5. The third kappa shape index (κ3) is 4.03. The standard InChI is InChI=1S/C22H21N3O6/c1-30-19-7-13-5-12(3-4-21(29)24-25-23)16-8-20(31-2)17(10-27)18(11-28)22(16)15(13)6-14(19)9-26/h3-8,26-28H,9-11H2,1-2H3. The maximum absolute atomic E-state index is 11.7. The average Bonchev–Trinajstić information content (AvgIpc) is 2.80. The molecule has 3 rings (SSSR count). The van der Waals surface area contributed by atoms with E-state index in [0.717, 1.165) is 16.8 Å². The Kier molecular flexibility index (Phi) is 6.74. The zero-order valence-electron chi connectivity index (χ0n) is 17.0. The fourth-order valence-electron chi connectivity index (χ4n) is 3.73. The maximum Gasteiger partial charge on any atom is 0.242 e. The van der Waals surface area contributed by atoms with Gasteiger partial charge in [0.15, 0.2) is 0 Å². The van der Waals surface area contributed by atoms with E-state index in [-0.39, 0.29) is 19.8 Å². The molecule has 0 fully saturated rings. The Bertz CT molecular complexity index is 1250. The minimum atomic E-state index is -0.759. The highest BCUT2D eigenvalue weighted by molar-refractivity contribution is 6.14. The van der Waals surface area contributed by atoms with Crippen LogP contribution >= 0.6 is 0 Å². The summed E-state index contributed by atoms with van der Waals surface area (Å²) >= 11 is 0. The first-order valence-corrected chi connectivity index (χ1v) is 9.28. The van der Waals surface area contributed by atoms with Crippen LogP contribution in [-0.2, 0) is 24.6 Å². The van der Waals surface area contributed by atoms with Gasteiger partial charge in [0.05, 0.1) is 34.0 Å². The number of carbonyl (C=O) groups is 1. The molecule has 0 saturated heterocycles. The van der Waals surface area contributed by atoms with Crippen molar-refractivity contribution < 1.29 is 29.6 Å². The van der Waals surface area contributed by atoms with Gasteiger partial charge in [0, 0.05) is 16.0 Å². The number of fused-ring (bicyclic) bond motifs is 3. The second-order valence-corrected chi connectivity index (χ2v) is 6.64. The summed E-state index contributed by atoms with van der Waals surface area (Å²) in [7, 11) is 2.95. The van der Waals surface area contributed by atoms with Gasteiger partial charge < -0.3 is 24.8 Å². The summed E-state index contributed by atoms with van der Waals surface area (Å²) in [5.41, 5.74) is 10.5. The molecular weight excluding hydrogens is 402 g/mol. The molecule has 31 heavy (non-hydrogen) atoms. The highest BCUT2D eigenvalue weighted by atomic mass is 16.5. The largest absolute Gasteiger partial charge is 0.496 e. The molecule has 1 amide bonds. The van der Waals surface area contributed by atoms with Crippen molar-refractivity contribution in [1.29, 1.82) is 0 Å². The number of benzene rings is 3. The van der Waals surface area contributed by atoms with Gasteiger partial charge in [-0.25, -0.2) is 0 Å². The van der Waals surface area contributed by atoms with Gasteiger partial charge >= 0.3 is 0 Å². The van der Waals surface area contributed by atoms with Crippen LogP contribution in [0.2, 0.25) is 0 Å². The number of carbonyl (C=O) groups excluding carboxylic acids is 1. The third-order valence-corrected chi connectivity index (χ3v) is 5.11. The molecule has 0 aliphatic heterocycles. The summed E-state index contributed by atoms with van der Waals surface area (Å²) in [6, 6.07) is 7.03. The average molecular weight is 423 g/mol. The number of aliphatic hydroxyl groups excluding tert-OH is 3. The summed E-state index contributed by atoms with van der Waals surface area (Å²) in [5.74, 6) is 0.103. The fraction of sp³-hybridized carbons (Fsp3) is 0.227. The number of aliphatic hydroxyl groups is 3. The summed E-state index contributed by atoms with van der Waals surface area (Å²) in [6.45, 7) is -0.973. The predicted octanol–water partition coefficient (Wildman–Crippen LogP) is 3.34. The van der Waals surface area contributed by atoms with E-state index in [1.165, 1.54) is 20.3 Å². The van der Waals surface area contributed by atoms with Crippen LogP contribution < -0.4 is 9.47 Å². The predicted molar refractivity (Wildman–Crippen MR) is 116 cm³/mol. The molecule has 9 nitrogen and oxygen atoms in total. The number of rotatable bonds is 7. The molecule has 9 heteroatoms. The van der Waals surface area contributed by atoms with Crippen molar-refractivity contribution in [3.05, 3.63) is 63.0 Å². The van der Waals surface area contributed by atoms with Crippen molar-refractivity contribution in [3.63, 3.8) is 0 Å². The maximum atomic E-state index is 11.7. The third-order valence-electron chi connectivity index (χ3n) is 5.11. The molecule has 0 bridgehead atoms. The number of amides is 1. The second kappa shape index (κ2) is 9.46. The minimum Gasteiger partial charge on any atom is -0.496 e. The van der Waals surface area contributed by atoms with Crippen LogP contribution in [0.1, 0.15) is 22.3 Å². The molecule has 0 spiro atoms. The fourth-order valence-corrected chi connectivity index (χ4v) is 3.73. The molecule has 0 aliphatic carbocycles. The molecule has 0 aromatic heterocycles. The smallest absolute Gasteiger partial charge is 0.242 e. The van der Waals surface area contributed by atoms with Gasteiger partial charge in [-0.1, -0.05) is 6.08 Å². The van der Waals surface area contributed by atoms with E-state index in [0.29, 0.717) is 44.5 Å². The number of hydrogen-bond donors (Lipinski definition) is 3. The molecule has 3 aromatic rings. The van der Waals surface area contributed by atoms with Crippen LogP contribution in [0.3, 0.4) is 0 Å². The monoisotopic (exact) mass is 423 g/mol. The van der Waals surface area contributed by atoms with Gasteiger partial charge in [0.1, 0.15) is 11.5 Å². The highest BCUT2D eigenvalue weighted by Crippen LogP contribution is 2.40. The van der Waals surface area contributed by atoms with Gasteiger partial charge in [0.25, 0.3) is 0 Å². The van der Waals surface area contributed by atoms with Gasteiger partial charge in [-0.15, -0.1) is 0 Å². The number of methoxy groups -OCH3 is 2. The number of nitrogens with zero attached hydrogens (tertiary/aromatic N) is 3. The topological polar surface area (TPSA) is 145 Å². The summed E-state index contributed by atoms with van der Waals surface area (Å²) < 4.78 is 10.8. The van der Waals surface area contributed by atoms with Crippen molar-refractivity contribution in [1.82, 2.24) is 0 Å². The highest BCUT2D eigenvalue weighted by Gasteiger charge is 2.18. The van der Waals surface area contributed by atoms with Crippen molar-refractivity contribution in [3.8, 4) is 11.5 Å².